The molecule has 0 radical (unpaired) electrons. The number of benzene rings is 2. The van der Waals surface area contributed by atoms with Crippen molar-refractivity contribution in [3.63, 3.8) is 0 Å². The number of nitrogens with zero attached hydrogens (tertiary/aromatic N) is 3. The molecule has 0 aliphatic rings. The highest BCUT2D eigenvalue weighted by molar-refractivity contribution is 7.89. The molecule has 10 heteroatoms. The van der Waals surface area contributed by atoms with Crippen molar-refractivity contribution < 1.29 is 8.42 Å². The van der Waals surface area contributed by atoms with E-state index in [9.17, 15) is 8.42 Å². The van der Waals surface area contributed by atoms with E-state index in [-0.39, 0.29) is 11.4 Å². The zero-order chi connectivity index (χ0) is 17.7. The fourth-order valence-corrected chi connectivity index (χ4v) is 3.34. The van der Waals surface area contributed by atoms with Gasteiger partial charge in [0.1, 0.15) is 0 Å². The molecule has 0 atom stereocenters. The van der Waals surface area contributed by atoms with Crippen LogP contribution in [0.25, 0.3) is 0 Å². The normalized spacial score (nSPS) is 11.4. The summed E-state index contributed by atoms with van der Waals surface area (Å²) in [6.07, 6.45) is 0.539. The molecule has 8 nitrogen and oxygen atoms in total. The zero-order valence-corrected chi connectivity index (χ0v) is 14.5. The molecule has 0 saturated carbocycles. The van der Waals surface area contributed by atoms with Crippen molar-refractivity contribution in [2.45, 2.75) is 11.3 Å². The van der Waals surface area contributed by atoms with Gasteiger partial charge in [0.05, 0.1) is 4.90 Å². The largest absolute Gasteiger partial charge is 0.323 e. The summed E-state index contributed by atoms with van der Waals surface area (Å²) >= 11 is 5.78. The molecule has 0 aliphatic heterocycles. The molecule has 1 aromatic heterocycles. The molecule has 0 fully saturated rings. The van der Waals surface area contributed by atoms with E-state index in [1.54, 1.807) is 12.1 Å². The second-order valence-electron chi connectivity index (χ2n) is 5.18. The van der Waals surface area contributed by atoms with Crippen LogP contribution in [0.4, 0.5) is 11.6 Å². The van der Waals surface area contributed by atoms with Gasteiger partial charge in [-0.25, -0.2) is 18.2 Å². The SMILES string of the molecule is O=S(=O)(NCCc1cccc(Nc2nnn[nH]2)c1)c1ccc(Cl)cc1. The van der Waals surface area contributed by atoms with E-state index in [0.29, 0.717) is 17.4 Å². The van der Waals surface area contributed by atoms with Crippen molar-refractivity contribution >= 4 is 33.3 Å². The van der Waals surface area contributed by atoms with E-state index in [1.807, 2.05) is 24.3 Å². The third kappa shape index (κ3) is 4.75. The average Bonchev–Trinajstić information content (AvgIpc) is 3.08. The first-order chi connectivity index (χ1) is 12.0. The number of hydrogen-bond donors (Lipinski definition) is 3. The van der Waals surface area contributed by atoms with Gasteiger partial charge >= 0.3 is 0 Å². The molecule has 0 aliphatic carbocycles. The van der Waals surface area contributed by atoms with Crippen molar-refractivity contribution in [2.75, 3.05) is 11.9 Å². The second kappa shape index (κ2) is 7.60. The maximum Gasteiger partial charge on any atom is 0.244 e. The van der Waals surface area contributed by atoms with Crippen LogP contribution < -0.4 is 10.0 Å². The quantitative estimate of drug-likeness (QED) is 0.580. The average molecular weight is 379 g/mol. The number of anilines is 2. The summed E-state index contributed by atoms with van der Waals surface area (Å²) in [6, 6.07) is 13.6. The molecule has 3 rings (SSSR count). The molecule has 1 heterocycles. The first-order valence-corrected chi connectivity index (χ1v) is 9.24. The van der Waals surface area contributed by atoms with Crippen molar-refractivity contribution in [1.82, 2.24) is 25.3 Å². The molecule has 0 bridgehead atoms. The fraction of sp³-hybridized carbons (Fsp3) is 0.133. The Hall–Kier alpha value is -2.49. The maximum absolute atomic E-state index is 12.2. The molecular weight excluding hydrogens is 364 g/mol. The van der Waals surface area contributed by atoms with Gasteiger partial charge in [-0.3, -0.25) is 0 Å². The van der Waals surface area contributed by atoms with Crippen molar-refractivity contribution in [1.29, 1.82) is 0 Å². The number of sulfonamides is 1. The van der Waals surface area contributed by atoms with Gasteiger partial charge in [-0.05, 0) is 58.8 Å². The molecule has 3 aromatic rings. The number of nitrogens with one attached hydrogen (secondary N) is 3. The lowest BCUT2D eigenvalue weighted by Gasteiger charge is -2.08. The molecular formula is C15H15ClN6O2S. The number of halogens is 1. The van der Waals surface area contributed by atoms with Crippen LogP contribution in [0.2, 0.25) is 5.02 Å². The lowest BCUT2D eigenvalue weighted by molar-refractivity contribution is 0.581. The molecule has 0 spiro atoms. The number of aromatic amines is 1. The fourth-order valence-electron chi connectivity index (χ4n) is 2.18. The van der Waals surface area contributed by atoms with Crippen molar-refractivity contribution in [2.24, 2.45) is 0 Å². The van der Waals surface area contributed by atoms with Crippen molar-refractivity contribution in [3.8, 4) is 0 Å². The molecule has 0 saturated heterocycles. The molecule has 25 heavy (non-hydrogen) atoms. The number of hydrogen-bond acceptors (Lipinski definition) is 6. The predicted octanol–water partition coefficient (Wildman–Crippen LogP) is 2.12. The lowest BCUT2D eigenvalue weighted by atomic mass is 10.1. The summed E-state index contributed by atoms with van der Waals surface area (Å²) in [5, 5.41) is 16.8. The van der Waals surface area contributed by atoms with Crippen LogP contribution in [0, 0.1) is 0 Å². The summed E-state index contributed by atoms with van der Waals surface area (Å²) < 4.78 is 27.0. The van der Waals surface area contributed by atoms with Gasteiger partial charge in [-0.1, -0.05) is 28.8 Å². The Labute approximate surface area is 149 Å². The Bertz CT molecular complexity index is 929. The van der Waals surface area contributed by atoms with Crippen LogP contribution in [0.1, 0.15) is 5.56 Å². The van der Waals surface area contributed by atoms with Crippen LogP contribution in [0.5, 0.6) is 0 Å². The van der Waals surface area contributed by atoms with Gasteiger partial charge < -0.3 is 5.32 Å². The van der Waals surface area contributed by atoms with Crippen molar-refractivity contribution in [3.05, 3.63) is 59.1 Å². The smallest absolute Gasteiger partial charge is 0.244 e. The van der Waals surface area contributed by atoms with Gasteiger partial charge in [-0.2, -0.15) is 0 Å². The molecule has 2 aromatic carbocycles. The van der Waals surface area contributed by atoms with E-state index in [0.717, 1.165) is 11.3 Å². The Kier molecular flexibility index (Phi) is 5.27. The first kappa shape index (κ1) is 17.3. The zero-order valence-electron chi connectivity index (χ0n) is 13.0. The third-order valence-corrected chi connectivity index (χ3v) is 5.09. The number of aromatic nitrogens is 4. The van der Waals surface area contributed by atoms with Crippen LogP contribution in [-0.2, 0) is 16.4 Å². The summed E-state index contributed by atoms with van der Waals surface area (Å²) in [5.41, 5.74) is 1.77. The van der Waals surface area contributed by atoms with Crippen LogP contribution >= 0.6 is 11.6 Å². The minimum absolute atomic E-state index is 0.185. The topological polar surface area (TPSA) is 113 Å². The summed E-state index contributed by atoms with van der Waals surface area (Å²) in [7, 11) is -3.55. The summed E-state index contributed by atoms with van der Waals surface area (Å²) in [5.74, 6) is 0.431. The molecule has 130 valence electrons. The molecule has 3 N–H and O–H groups in total. The van der Waals surface area contributed by atoms with Gasteiger partial charge in [0, 0.05) is 17.3 Å². The van der Waals surface area contributed by atoms with E-state index < -0.39 is 10.0 Å². The highest BCUT2D eigenvalue weighted by Crippen LogP contribution is 2.15. The highest BCUT2D eigenvalue weighted by Gasteiger charge is 2.13. The van der Waals surface area contributed by atoms with Gasteiger partial charge in [0.2, 0.25) is 16.0 Å². The maximum atomic E-state index is 12.2. The van der Waals surface area contributed by atoms with E-state index in [2.05, 4.69) is 30.7 Å². The Morgan fingerprint density at radius 2 is 1.92 bits per heavy atom. The van der Waals surface area contributed by atoms with Crippen LogP contribution in [-0.4, -0.2) is 35.6 Å². The van der Waals surface area contributed by atoms with E-state index >= 15 is 0 Å². The Morgan fingerprint density at radius 3 is 2.64 bits per heavy atom. The van der Waals surface area contributed by atoms with Gasteiger partial charge in [0.25, 0.3) is 0 Å². The third-order valence-electron chi connectivity index (χ3n) is 3.36. The summed E-state index contributed by atoms with van der Waals surface area (Å²) in [6.45, 7) is 0.276. The number of tetrazole rings is 1. The van der Waals surface area contributed by atoms with Crippen LogP contribution in [0.15, 0.2) is 53.4 Å². The first-order valence-electron chi connectivity index (χ1n) is 7.38. The summed E-state index contributed by atoms with van der Waals surface area (Å²) in [4.78, 5) is 0.185. The minimum Gasteiger partial charge on any atom is -0.323 e. The molecule has 0 amide bonds. The lowest BCUT2D eigenvalue weighted by Crippen LogP contribution is -2.25. The van der Waals surface area contributed by atoms with Gasteiger partial charge in [0.15, 0.2) is 0 Å². The monoisotopic (exact) mass is 378 g/mol. The Morgan fingerprint density at radius 1 is 1.12 bits per heavy atom. The predicted molar refractivity (Wildman–Crippen MR) is 94.2 cm³/mol. The minimum atomic E-state index is -3.55. The Balaban J connectivity index is 1.59. The second-order valence-corrected chi connectivity index (χ2v) is 7.38. The van der Waals surface area contributed by atoms with E-state index in [1.165, 1.54) is 12.1 Å². The van der Waals surface area contributed by atoms with E-state index in [4.69, 9.17) is 11.6 Å². The standard InChI is InChI=1S/C15H15ClN6O2S/c16-12-4-6-14(7-5-12)25(23,24)17-9-8-11-2-1-3-13(10-11)18-15-19-21-22-20-15/h1-7,10,17H,8-9H2,(H2,18,19,20,21,22). The van der Waals surface area contributed by atoms with Crippen LogP contribution in [0.3, 0.4) is 0 Å². The van der Waals surface area contributed by atoms with Gasteiger partial charge in [-0.15, -0.1) is 0 Å². The number of rotatable bonds is 7. The highest BCUT2D eigenvalue weighted by atomic mass is 35.5. The molecule has 0 unspecified atom stereocenters. The number of H-pyrrole nitrogens is 1.